The van der Waals surface area contributed by atoms with E-state index in [1.165, 1.54) is 6.92 Å². The SMILES string of the molecule is CC(=O)C(Cc1ccccc1)C(=O)[O-].CC(=O)[O-].[Ag]. The molecule has 0 N–H and O–H groups in total. The molecule has 1 aromatic rings. The Balaban J connectivity index is 0. The maximum atomic E-state index is 11.0. The van der Waals surface area contributed by atoms with Crippen molar-refractivity contribution in [3.05, 3.63) is 35.9 Å². The molecule has 0 aliphatic rings. The van der Waals surface area contributed by atoms with Crippen LogP contribution in [0.3, 0.4) is 0 Å². The zero-order valence-corrected chi connectivity index (χ0v) is 12.0. The molecular formula is C13H14AgO5-2. The van der Waals surface area contributed by atoms with Crippen molar-refractivity contribution in [2.75, 3.05) is 0 Å². The first-order valence-electron chi connectivity index (χ1n) is 5.27. The van der Waals surface area contributed by atoms with E-state index in [2.05, 4.69) is 0 Å². The summed E-state index contributed by atoms with van der Waals surface area (Å²) in [6.07, 6.45) is 0.207. The Morgan fingerprint density at radius 3 is 1.79 bits per heavy atom. The zero-order valence-electron chi connectivity index (χ0n) is 10.5. The van der Waals surface area contributed by atoms with E-state index in [-0.39, 0.29) is 34.6 Å². The van der Waals surface area contributed by atoms with E-state index in [9.17, 15) is 14.7 Å². The van der Waals surface area contributed by atoms with Gasteiger partial charge in [0.1, 0.15) is 5.78 Å². The molecule has 0 amide bonds. The minimum Gasteiger partial charge on any atom is -0.550 e. The summed E-state index contributed by atoms with van der Waals surface area (Å²) in [5.74, 6) is -3.78. The molecule has 1 unspecified atom stereocenters. The van der Waals surface area contributed by atoms with E-state index < -0.39 is 17.9 Å². The predicted octanol–water partition coefficient (Wildman–Crippen LogP) is -1.06. The Kier molecular flexibility index (Phi) is 11.0. The Morgan fingerprint density at radius 1 is 1.05 bits per heavy atom. The Hall–Kier alpha value is -1.43. The Labute approximate surface area is 127 Å². The van der Waals surface area contributed by atoms with Crippen molar-refractivity contribution in [1.82, 2.24) is 0 Å². The predicted molar refractivity (Wildman–Crippen MR) is 60.0 cm³/mol. The fourth-order valence-electron chi connectivity index (χ4n) is 1.24. The average Bonchev–Trinajstić information content (AvgIpc) is 2.25. The third kappa shape index (κ3) is 10.2. The number of carbonyl (C=O) groups is 3. The second-order valence-corrected chi connectivity index (χ2v) is 3.66. The van der Waals surface area contributed by atoms with Crippen LogP contribution in [-0.4, -0.2) is 17.7 Å². The number of carboxylic acid groups (broad SMARTS) is 2. The second kappa shape index (κ2) is 10.5. The summed E-state index contributed by atoms with van der Waals surface area (Å²) in [4.78, 5) is 30.5. The molecule has 109 valence electrons. The molecule has 0 bridgehead atoms. The normalized spacial score (nSPS) is 10.2. The van der Waals surface area contributed by atoms with E-state index in [1.54, 1.807) is 12.1 Å². The summed E-state index contributed by atoms with van der Waals surface area (Å²) in [5, 5.41) is 19.5. The van der Waals surface area contributed by atoms with Crippen LogP contribution in [0.1, 0.15) is 19.4 Å². The van der Waals surface area contributed by atoms with Crippen LogP contribution in [0.2, 0.25) is 0 Å². The van der Waals surface area contributed by atoms with Gasteiger partial charge in [-0.2, -0.15) is 0 Å². The van der Waals surface area contributed by atoms with Crippen LogP contribution in [0.5, 0.6) is 0 Å². The van der Waals surface area contributed by atoms with Crippen molar-refractivity contribution in [2.24, 2.45) is 5.92 Å². The third-order valence-electron chi connectivity index (χ3n) is 2.06. The molecule has 0 spiro atoms. The summed E-state index contributed by atoms with van der Waals surface area (Å²) in [6.45, 7) is 2.24. The molecule has 0 heterocycles. The van der Waals surface area contributed by atoms with Gasteiger partial charge in [-0.05, 0) is 25.8 Å². The maximum Gasteiger partial charge on any atom is 0.138 e. The molecule has 0 fully saturated rings. The van der Waals surface area contributed by atoms with Gasteiger partial charge in [0, 0.05) is 28.3 Å². The van der Waals surface area contributed by atoms with Crippen LogP contribution in [-0.2, 0) is 43.2 Å². The van der Waals surface area contributed by atoms with Crippen LogP contribution in [0.15, 0.2) is 30.3 Å². The molecule has 1 atom stereocenters. The van der Waals surface area contributed by atoms with Gasteiger partial charge in [0.05, 0.1) is 11.9 Å². The molecule has 5 nitrogen and oxygen atoms in total. The third-order valence-corrected chi connectivity index (χ3v) is 2.06. The summed E-state index contributed by atoms with van der Waals surface area (Å²) in [5.41, 5.74) is 0.830. The molecule has 19 heavy (non-hydrogen) atoms. The van der Waals surface area contributed by atoms with Gasteiger partial charge in [0.25, 0.3) is 0 Å². The van der Waals surface area contributed by atoms with Gasteiger partial charge in [0.2, 0.25) is 0 Å². The zero-order chi connectivity index (χ0) is 14.1. The van der Waals surface area contributed by atoms with E-state index in [4.69, 9.17) is 9.90 Å². The first-order chi connectivity index (χ1) is 8.34. The number of ketones is 1. The number of benzene rings is 1. The minimum atomic E-state index is -1.30. The fourth-order valence-corrected chi connectivity index (χ4v) is 1.24. The van der Waals surface area contributed by atoms with Crippen molar-refractivity contribution in [2.45, 2.75) is 20.3 Å². The first-order valence-corrected chi connectivity index (χ1v) is 5.27. The van der Waals surface area contributed by atoms with Gasteiger partial charge in [-0.3, -0.25) is 4.79 Å². The topological polar surface area (TPSA) is 97.3 Å². The Bertz CT molecular complexity index is 398. The number of carbonyl (C=O) groups excluding carboxylic acids is 3. The number of aliphatic carboxylic acids is 2. The number of carboxylic acids is 2. The number of hydrogen-bond donors (Lipinski definition) is 0. The van der Waals surface area contributed by atoms with Crippen LogP contribution in [0.4, 0.5) is 0 Å². The van der Waals surface area contributed by atoms with E-state index >= 15 is 0 Å². The van der Waals surface area contributed by atoms with Crippen molar-refractivity contribution >= 4 is 17.7 Å². The Morgan fingerprint density at radius 2 is 1.47 bits per heavy atom. The van der Waals surface area contributed by atoms with Crippen molar-refractivity contribution in [1.29, 1.82) is 0 Å². The monoisotopic (exact) mass is 357 g/mol. The molecule has 1 radical (unpaired) electrons. The van der Waals surface area contributed by atoms with E-state index in [0.29, 0.717) is 0 Å². The molecule has 1 aromatic carbocycles. The quantitative estimate of drug-likeness (QED) is 0.505. The van der Waals surface area contributed by atoms with Crippen LogP contribution in [0, 0.1) is 5.92 Å². The van der Waals surface area contributed by atoms with E-state index in [1.807, 2.05) is 18.2 Å². The van der Waals surface area contributed by atoms with Gasteiger partial charge in [-0.25, -0.2) is 0 Å². The van der Waals surface area contributed by atoms with Gasteiger partial charge in [-0.15, -0.1) is 0 Å². The summed E-state index contributed by atoms with van der Waals surface area (Å²) in [6, 6.07) is 9.03. The van der Waals surface area contributed by atoms with Crippen molar-refractivity contribution in [3.63, 3.8) is 0 Å². The van der Waals surface area contributed by atoms with Gasteiger partial charge in [0.15, 0.2) is 0 Å². The van der Waals surface area contributed by atoms with Crippen LogP contribution < -0.4 is 10.2 Å². The molecule has 0 aromatic heterocycles. The molecule has 6 heteroatoms. The number of hydrogen-bond acceptors (Lipinski definition) is 5. The largest absolute Gasteiger partial charge is 0.550 e. The average molecular weight is 358 g/mol. The van der Waals surface area contributed by atoms with Gasteiger partial charge >= 0.3 is 0 Å². The van der Waals surface area contributed by atoms with Crippen LogP contribution >= 0.6 is 0 Å². The maximum absolute atomic E-state index is 11.0. The molecule has 0 saturated heterocycles. The fraction of sp³-hybridized carbons (Fsp3) is 0.308. The van der Waals surface area contributed by atoms with Crippen molar-refractivity contribution < 1.29 is 47.0 Å². The van der Waals surface area contributed by atoms with E-state index in [0.717, 1.165) is 12.5 Å². The number of Topliss-reactive ketones (excluding diaryl/α,β-unsaturated/α-hetero) is 1. The van der Waals surface area contributed by atoms with Crippen LogP contribution in [0.25, 0.3) is 0 Å². The summed E-state index contributed by atoms with van der Waals surface area (Å²) < 4.78 is 0. The summed E-state index contributed by atoms with van der Waals surface area (Å²) >= 11 is 0. The standard InChI is InChI=1S/C11H12O3.C2H4O2.Ag/c1-8(12)10(11(13)14)7-9-5-3-2-4-6-9;1-2(3)4;/h2-6,10H,7H2,1H3,(H,13,14);1H3,(H,3,4);/p-2. The molecule has 1 rings (SSSR count). The van der Waals surface area contributed by atoms with Gasteiger partial charge in [-0.1, -0.05) is 30.3 Å². The molecule has 0 aliphatic heterocycles. The number of rotatable bonds is 4. The van der Waals surface area contributed by atoms with Gasteiger partial charge < -0.3 is 19.8 Å². The molecule has 0 saturated carbocycles. The smallest absolute Gasteiger partial charge is 0.138 e. The summed E-state index contributed by atoms with van der Waals surface area (Å²) in [7, 11) is 0. The minimum absolute atomic E-state index is 0. The first kappa shape index (κ1) is 19.9. The molecular weight excluding hydrogens is 344 g/mol. The van der Waals surface area contributed by atoms with Crippen molar-refractivity contribution in [3.8, 4) is 0 Å². The second-order valence-electron chi connectivity index (χ2n) is 3.66. The molecule has 0 aliphatic carbocycles.